The molecule has 0 saturated carbocycles. The molecule has 1 aliphatic rings. The Bertz CT molecular complexity index is 1660. The van der Waals surface area contributed by atoms with Gasteiger partial charge in [0.15, 0.2) is 5.82 Å². The topological polar surface area (TPSA) is 157 Å². The summed E-state index contributed by atoms with van der Waals surface area (Å²) >= 11 is 1.32. The van der Waals surface area contributed by atoms with E-state index < -0.39 is 11.7 Å². The molecule has 198 valence electrons. The molecular formula is C24H22N10O4S. The maximum atomic E-state index is 13.5. The highest BCUT2D eigenvalue weighted by molar-refractivity contribution is 7.16. The number of Topliss-reactive ketones (excluding diaryl/α,β-unsaturated/α-hetero) is 1. The third-order valence-electron chi connectivity index (χ3n) is 6.39. The molecule has 1 saturated heterocycles. The first-order valence-electron chi connectivity index (χ1n) is 11.9. The van der Waals surface area contributed by atoms with Crippen LogP contribution in [-0.2, 0) is 4.79 Å². The van der Waals surface area contributed by atoms with Gasteiger partial charge in [0.2, 0.25) is 0 Å². The molecule has 5 aromatic heterocycles. The Morgan fingerprint density at radius 2 is 1.87 bits per heavy atom. The van der Waals surface area contributed by atoms with Crippen molar-refractivity contribution in [3.05, 3.63) is 48.5 Å². The van der Waals surface area contributed by atoms with Crippen LogP contribution in [0.2, 0.25) is 0 Å². The number of ketones is 1. The number of hydrogen-bond donors (Lipinski definition) is 1. The van der Waals surface area contributed by atoms with E-state index in [-0.39, 0.29) is 5.56 Å². The van der Waals surface area contributed by atoms with E-state index in [0.29, 0.717) is 65.5 Å². The van der Waals surface area contributed by atoms with E-state index in [2.05, 4.69) is 35.5 Å². The van der Waals surface area contributed by atoms with Crippen LogP contribution in [0.1, 0.15) is 10.4 Å². The lowest BCUT2D eigenvalue weighted by atomic mass is 10.1. The lowest BCUT2D eigenvalue weighted by Gasteiger charge is -2.34. The second-order valence-electron chi connectivity index (χ2n) is 8.51. The largest absolute Gasteiger partial charge is 0.494 e. The van der Waals surface area contributed by atoms with Gasteiger partial charge >= 0.3 is 0 Å². The molecule has 6 heterocycles. The smallest absolute Gasteiger partial charge is 0.295 e. The molecule has 1 aliphatic heterocycles. The maximum Gasteiger partial charge on any atom is 0.295 e. The van der Waals surface area contributed by atoms with Crippen LogP contribution in [-0.4, -0.2) is 97.1 Å². The van der Waals surface area contributed by atoms with Crippen molar-refractivity contribution >= 4 is 39.9 Å². The van der Waals surface area contributed by atoms with Crippen molar-refractivity contribution in [2.45, 2.75) is 0 Å². The average molecular weight is 547 g/mol. The number of anilines is 1. The Morgan fingerprint density at radius 1 is 1.03 bits per heavy atom. The minimum Gasteiger partial charge on any atom is -0.494 e. The summed E-state index contributed by atoms with van der Waals surface area (Å²) in [6, 6.07) is 5.47. The summed E-state index contributed by atoms with van der Waals surface area (Å²) in [6.45, 7) is 1.55. The number of ether oxygens (including phenoxy) is 2. The van der Waals surface area contributed by atoms with Crippen LogP contribution in [0.25, 0.3) is 27.3 Å². The van der Waals surface area contributed by atoms with E-state index in [1.54, 1.807) is 30.3 Å². The third kappa shape index (κ3) is 4.31. The number of nitrogens with zero attached hydrogens (tertiary/aromatic N) is 9. The molecule has 39 heavy (non-hydrogen) atoms. The van der Waals surface area contributed by atoms with Gasteiger partial charge in [-0.3, -0.25) is 9.59 Å². The molecule has 1 N–H and O–H groups in total. The highest BCUT2D eigenvalue weighted by Gasteiger charge is 2.31. The van der Waals surface area contributed by atoms with Crippen LogP contribution in [0.3, 0.4) is 0 Å². The van der Waals surface area contributed by atoms with Crippen LogP contribution in [0.4, 0.5) is 5.95 Å². The molecule has 0 radical (unpaired) electrons. The maximum absolute atomic E-state index is 13.5. The van der Waals surface area contributed by atoms with Gasteiger partial charge < -0.3 is 24.3 Å². The predicted molar refractivity (Wildman–Crippen MR) is 140 cm³/mol. The van der Waals surface area contributed by atoms with E-state index in [0.717, 1.165) is 4.88 Å². The summed E-state index contributed by atoms with van der Waals surface area (Å²) in [5, 5.41) is 12.9. The van der Waals surface area contributed by atoms with Gasteiger partial charge in [-0.2, -0.15) is 4.68 Å². The van der Waals surface area contributed by atoms with E-state index in [9.17, 15) is 9.59 Å². The number of carbonyl (C=O) groups excluding carboxylic acids is 2. The number of rotatable bonds is 7. The number of carbonyl (C=O) groups is 2. The second-order valence-corrected chi connectivity index (χ2v) is 9.50. The number of fused-ring (bicyclic) bond motifs is 1. The zero-order valence-electron chi connectivity index (χ0n) is 20.9. The van der Waals surface area contributed by atoms with Gasteiger partial charge in [-0.15, -0.1) is 0 Å². The number of aromatic nitrogens is 8. The second kappa shape index (κ2) is 10.1. The van der Waals surface area contributed by atoms with Crippen molar-refractivity contribution in [2.24, 2.45) is 0 Å². The van der Waals surface area contributed by atoms with Crippen molar-refractivity contribution in [1.82, 2.24) is 45.0 Å². The molecule has 5 aromatic rings. The van der Waals surface area contributed by atoms with Gasteiger partial charge in [-0.1, -0.05) is 22.5 Å². The van der Waals surface area contributed by atoms with Crippen LogP contribution in [0.5, 0.6) is 10.9 Å². The molecule has 14 nitrogen and oxygen atoms in total. The minimum atomic E-state index is -0.634. The summed E-state index contributed by atoms with van der Waals surface area (Å²) in [7, 11) is 3.03. The summed E-state index contributed by atoms with van der Waals surface area (Å²) < 4.78 is 12.2. The summed E-state index contributed by atoms with van der Waals surface area (Å²) in [4.78, 5) is 47.1. The van der Waals surface area contributed by atoms with Gasteiger partial charge in [0.25, 0.3) is 22.8 Å². The van der Waals surface area contributed by atoms with Crippen molar-refractivity contribution in [2.75, 3.05) is 45.3 Å². The van der Waals surface area contributed by atoms with Crippen LogP contribution < -0.4 is 14.4 Å². The quantitative estimate of drug-likeness (QED) is 0.234. The number of nitrogens with one attached hydrogen (secondary N) is 1. The third-order valence-corrected chi connectivity index (χ3v) is 7.36. The first-order chi connectivity index (χ1) is 19.1. The van der Waals surface area contributed by atoms with Gasteiger partial charge in [-0.05, 0) is 22.6 Å². The number of thiazole rings is 1. The van der Waals surface area contributed by atoms with Crippen LogP contribution >= 0.6 is 11.3 Å². The molecule has 1 amide bonds. The summed E-state index contributed by atoms with van der Waals surface area (Å²) in [6.07, 6.45) is 6.36. The Morgan fingerprint density at radius 3 is 2.59 bits per heavy atom. The highest BCUT2D eigenvalue weighted by atomic mass is 32.1. The molecule has 1 fully saturated rings. The Kier molecular flexibility index (Phi) is 6.32. The molecule has 15 heteroatoms. The van der Waals surface area contributed by atoms with Gasteiger partial charge in [0.05, 0.1) is 48.0 Å². The highest BCUT2D eigenvalue weighted by Crippen LogP contribution is 2.38. The monoisotopic (exact) mass is 546 g/mol. The summed E-state index contributed by atoms with van der Waals surface area (Å²) in [5.41, 5.74) is 1.37. The molecule has 0 aliphatic carbocycles. The molecule has 0 spiro atoms. The van der Waals surface area contributed by atoms with Crippen molar-refractivity contribution < 1.29 is 19.1 Å². The Balaban J connectivity index is 1.22. The number of H-pyrrole nitrogens is 1. The number of amides is 1. The fourth-order valence-electron chi connectivity index (χ4n) is 4.48. The molecule has 0 atom stereocenters. The van der Waals surface area contributed by atoms with Gasteiger partial charge in [0, 0.05) is 38.6 Å². The number of methoxy groups -OCH3 is 2. The SMILES string of the molecule is COc1ncc(-c2ncc(OC)c3c(C(=O)C(=O)N4CCN(c5nnnn5-c5ccccn5)CC4)c[nH]c23)s1. The standard InChI is InChI=1S/C24H22N10O4S/c1-37-15-12-27-19(16-13-28-24(38-2)39-16)20-18(15)14(11-26-20)21(35)22(36)32-7-9-33(10-8-32)23-29-30-31-34(23)17-5-3-4-6-25-17/h3-6,11-13,26H,7-10H2,1-2H3. The average Bonchev–Trinajstić information content (AvgIpc) is 3.76. The van der Waals surface area contributed by atoms with Crippen molar-refractivity contribution in [3.8, 4) is 27.3 Å². The molecule has 6 rings (SSSR count). The molecule has 0 bridgehead atoms. The van der Waals surface area contributed by atoms with Crippen LogP contribution in [0, 0.1) is 0 Å². The number of piperazine rings is 1. The van der Waals surface area contributed by atoms with E-state index in [4.69, 9.17) is 9.47 Å². The first-order valence-corrected chi connectivity index (χ1v) is 12.7. The fraction of sp³-hybridized carbons (Fsp3) is 0.250. The zero-order valence-corrected chi connectivity index (χ0v) is 21.8. The minimum absolute atomic E-state index is 0.216. The van der Waals surface area contributed by atoms with Gasteiger partial charge in [-0.25, -0.2) is 15.0 Å². The van der Waals surface area contributed by atoms with E-state index >= 15 is 0 Å². The number of hydrogen-bond acceptors (Lipinski definition) is 12. The van der Waals surface area contributed by atoms with Crippen molar-refractivity contribution in [1.29, 1.82) is 0 Å². The molecule has 0 aromatic carbocycles. The van der Waals surface area contributed by atoms with E-state index in [1.165, 1.54) is 35.7 Å². The molecular weight excluding hydrogens is 524 g/mol. The van der Waals surface area contributed by atoms with Crippen LogP contribution in [0.15, 0.2) is 43.0 Å². The van der Waals surface area contributed by atoms with E-state index in [1.807, 2.05) is 17.0 Å². The van der Waals surface area contributed by atoms with Crippen molar-refractivity contribution in [3.63, 3.8) is 0 Å². The Labute approximate surface area is 225 Å². The fourth-order valence-corrected chi connectivity index (χ4v) is 5.21. The zero-order chi connectivity index (χ0) is 26.9. The Hall–Kier alpha value is -4.92. The summed E-state index contributed by atoms with van der Waals surface area (Å²) in [5.74, 6) is 0.261. The lowest BCUT2D eigenvalue weighted by Crippen LogP contribution is -2.51. The normalized spacial score (nSPS) is 13.6. The lowest BCUT2D eigenvalue weighted by molar-refractivity contribution is -0.126. The first kappa shape index (κ1) is 24.4. The number of aromatic amines is 1. The number of tetrazole rings is 1. The molecule has 0 unspecified atom stereocenters. The van der Waals surface area contributed by atoms with Gasteiger partial charge in [0.1, 0.15) is 11.4 Å². The predicted octanol–water partition coefficient (Wildman–Crippen LogP) is 1.61. The number of pyridine rings is 2.